The van der Waals surface area contributed by atoms with E-state index in [0.717, 1.165) is 0 Å². The molecule has 290 valence electrons. The third-order valence-electron chi connectivity index (χ3n) is 9.01. The molecule has 5 atom stereocenters. The number of sulfonamides is 1. The van der Waals surface area contributed by atoms with Crippen molar-refractivity contribution in [1.82, 2.24) is 14.9 Å². The second-order valence-corrected chi connectivity index (χ2v) is 16.6. The van der Waals surface area contributed by atoms with Gasteiger partial charge in [0.2, 0.25) is 33.5 Å². The number of ether oxygens (including phenoxy) is 1. The lowest BCUT2D eigenvalue weighted by Gasteiger charge is -2.31. The second-order valence-electron chi connectivity index (χ2n) is 14.9. The fourth-order valence-electron chi connectivity index (χ4n) is 6.35. The lowest BCUT2D eigenvalue weighted by atomic mass is 9.87. The number of nitrogens with one attached hydrogen (secondary N) is 2. The third-order valence-corrected chi connectivity index (χ3v) is 10.5. The first kappa shape index (κ1) is 43.1. The molecule has 0 bridgehead atoms. The number of unbranched alkanes of at least 4 members (excludes halogenated alkanes) is 1. The number of rotatable bonds is 20. The van der Waals surface area contributed by atoms with Gasteiger partial charge in [0.05, 0.1) is 22.6 Å². The average Bonchev–Trinajstić information content (AvgIpc) is 3.52. The molecule has 1 saturated heterocycles. The van der Waals surface area contributed by atoms with Crippen molar-refractivity contribution in [2.24, 2.45) is 17.6 Å². The Hall–Kier alpha value is -4.27. The summed E-state index contributed by atoms with van der Waals surface area (Å²) in [6.45, 7) is 10.9. The highest BCUT2D eigenvalue weighted by molar-refractivity contribution is 7.89. The zero-order valence-electron chi connectivity index (χ0n) is 31.5. The Morgan fingerprint density at radius 3 is 2.09 bits per heavy atom. The van der Waals surface area contributed by atoms with Crippen molar-refractivity contribution >= 4 is 45.1 Å². The molecular weight excluding hydrogens is 701 g/mol. The van der Waals surface area contributed by atoms with Gasteiger partial charge in [-0.3, -0.25) is 28.8 Å². The average molecular weight is 755 g/mol. The number of nitrogens with zero attached hydrogens (tertiary/aromatic N) is 1. The monoisotopic (exact) mass is 754 g/mol. The summed E-state index contributed by atoms with van der Waals surface area (Å²) in [5.74, 6) is -5.56. The summed E-state index contributed by atoms with van der Waals surface area (Å²) in [5.41, 5.74) is 5.34. The molecule has 1 fully saturated rings. The van der Waals surface area contributed by atoms with E-state index >= 15 is 0 Å². The van der Waals surface area contributed by atoms with Gasteiger partial charge in [-0.05, 0) is 50.8 Å². The van der Waals surface area contributed by atoms with Crippen LogP contribution < -0.4 is 15.8 Å². The maximum atomic E-state index is 14.2. The largest absolute Gasteiger partial charge is 0.371 e. The van der Waals surface area contributed by atoms with E-state index in [9.17, 15) is 37.2 Å². The van der Waals surface area contributed by atoms with E-state index in [1.807, 2.05) is 27.7 Å². The third kappa shape index (κ3) is 12.7. The number of nitrogens with two attached hydrogens (primary N) is 1. The van der Waals surface area contributed by atoms with Crippen molar-refractivity contribution in [2.45, 2.75) is 121 Å². The van der Waals surface area contributed by atoms with Crippen molar-refractivity contribution in [2.75, 3.05) is 6.54 Å². The van der Waals surface area contributed by atoms with Crippen molar-refractivity contribution in [3.8, 4) is 0 Å². The quantitative estimate of drug-likeness (QED) is 0.168. The Bertz CT molecular complexity index is 1710. The van der Waals surface area contributed by atoms with Gasteiger partial charge in [0.25, 0.3) is 0 Å². The predicted molar refractivity (Wildman–Crippen MR) is 199 cm³/mol. The fourth-order valence-corrected chi connectivity index (χ4v) is 7.71. The highest BCUT2D eigenvalue weighted by Gasteiger charge is 2.45. The number of carbonyl (C=O) groups is 6. The number of carbonyl (C=O) groups excluding carboxylic acids is 6. The number of benzene rings is 2. The molecule has 53 heavy (non-hydrogen) atoms. The summed E-state index contributed by atoms with van der Waals surface area (Å²) >= 11 is 0. The van der Waals surface area contributed by atoms with Gasteiger partial charge in [-0.15, -0.1) is 0 Å². The molecule has 13 nitrogen and oxygen atoms in total. The number of ketones is 3. The number of hydrogen-bond acceptors (Lipinski definition) is 9. The van der Waals surface area contributed by atoms with E-state index in [0.29, 0.717) is 18.4 Å². The number of likely N-dealkylation sites (tertiary alicyclic amines) is 1. The fraction of sp³-hybridized carbons (Fsp3) is 0.538. The Morgan fingerprint density at radius 2 is 1.55 bits per heavy atom. The molecule has 0 radical (unpaired) electrons. The summed E-state index contributed by atoms with van der Waals surface area (Å²) in [5, 5.41) is 2.51. The highest BCUT2D eigenvalue weighted by Crippen LogP contribution is 2.30. The molecule has 3 amide bonds. The van der Waals surface area contributed by atoms with Crippen LogP contribution in [0.15, 0.2) is 65.6 Å². The maximum Gasteiger partial charge on any atom is 0.244 e. The SMILES string of the molecule is CCCCC(CC(=O)[C@@H]1C[C@@H](OC(C)(C)C)CN1C(=O)[C@@H](NS(=O)(=O)c1ccccc1)C(C)C)C(=O)C(=O)CCC(=O)N[C@H](C(N)=O)c1ccccc1. The van der Waals surface area contributed by atoms with E-state index in [-0.39, 0.29) is 37.1 Å². The lowest BCUT2D eigenvalue weighted by Crippen LogP contribution is -2.54. The number of amides is 3. The summed E-state index contributed by atoms with van der Waals surface area (Å²) in [7, 11) is -4.09. The van der Waals surface area contributed by atoms with Crippen LogP contribution >= 0.6 is 0 Å². The normalized spacial score (nSPS) is 17.9. The minimum absolute atomic E-state index is 0.00949. The molecule has 1 heterocycles. The molecule has 1 unspecified atom stereocenters. The molecule has 1 aliphatic heterocycles. The minimum atomic E-state index is -4.09. The standard InChI is InChI=1S/C39H54N4O9S/c1-7-8-15-27(36(47)31(44)20-21-33(46)41-35(37(40)48)26-16-11-9-12-17-26)22-32(45)30-23-28(52-39(4,5)6)24-43(30)38(49)34(25(2)3)42-53(50,51)29-18-13-10-14-19-29/h9-14,16-19,25,27-28,30,34-35,42H,7-8,15,20-24H2,1-6H3,(H2,40,48)(H,41,46)/t27?,28-,30+,34+,35+/m1/s1. The van der Waals surface area contributed by atoms with Gasteiger partial charge in [0.15, 0.2) is 11.6 Å². The first-order valence-electron chi connectivity index (χ1n) is 18.1. The van der Waals surface area contributed by atoms with E-state index in [1.165, 1.54) is 17.0 Å². The summed E-state index contributed by atoms with van der Waals surface area (Å²) < 4.78 is 35.3. The van der Waals surface area contributed by atoms with Crippen LogP contribution in [0.4, 0.5) is 0 Å². The van der Waals surface area contributed by atoms with Gasteiger partial charge >= 0.3 is 0 Å². The van der Waals surface area contributed by atoms with Gasteiger partial charge in [-0.2, -0.15) is 4.72 Å². The van der Waals surface area contributed by atoms with Crippen LogP contribution in [-0.2, 0) is 43.5 Å². The number of hydrogen-bond donors (Lipinski definition) is 3. The van der Waals surface area contributed by atoms with Crippen molar-refractivity contribution < 1.29 is 41.9 Å². The molecule has 0 aliphatic carbocycles. The summed E-state index contributed by atoms with van der Waals surface area (Å²) in [6.07, 6.45) is -0.0702. The Labute approximate surface area is 312 Å². The van der Waals surface area contributed by atoms with Gasteiger partial charge < -0.3 is 20.7 Å². The molecule has 2 aromatic rings. The molecular formula is C39H54N4O9S. The number of Topliss-reactive ketones (excluding diaryl/α,β-unsaturated/α-hetero) is 3. The smallest absolute Gasteiger partial charge is 0.244 e. The number of primary amides is 1. The van der Waals surface area contributed by atoms with Crippen LogP contribution in [0, 0.1) is 11.8 Å². The Balaban J connectivity index is 1.78. The molecule has 0 aromatic heterocycles. The van der Waals surface area contributed by atoms with Gasteiger partial charge in [-0.25, -0.2) is 8.42 Å². The van der Waals surface area contributed by atoms with E-state index < -0.39 is 93.2 Å². The first-order valence-corrected chi connectivity index (χ1v) is 19.6. The van der Waals surface area contributed by atoms with Gasteiger partial charge in [0.1, 0.15) is 12.1 Å². The van der Waals surface area contributed by atoms with Crippen molar-refractivity contribution in [3.63, 3.8) is 0 Å². The van der Waals surface area contributed by atoms with Crippen LogP contribution in [0.1, 0.15) is 98.1 Å². The topological polar surface area (TPSA) is 199 Å². The molecule has 4 N–H and O–H groups in total. The van der Waals surface area contributed by atoms with Crippen LogP contribution in [0.25, 0.3) is 0 Å². The molecule has 0 spiro atoms. The lowest BCUT2D eigenvalue weighted by molar-refractivity contribution is -0.143. The van der Waals surface area contributed by atoms with Crippen molar-refractivity contribution in [1.29, 1.82) is 0 Å². The van der Waals surface area contributed by atoms with Gasteiger partial charge in [0, 0.05) is 38.1 Å². The summed E-state index contributed by atoms with van der Waals surface area (Å²) in [4.78, 5) is 81.0. The Morgan fingerprint density at radius 1 is 0.943 bits per heavy atom. The van der Waals surface area contributed by atoms with Gasteiger partial charge in [-0.1, -0.05) is 82.1 Å². The maximum absolute atomic E-state index is 14.2. The zero-order chi connectivity index (χ0) is 39.5. The second kappa shape index (κ2) is 19.2. The van der Waals surface area contributed by atoms with Crippen LogP contribution in [0.5, 0.6) is 0 Å². The predicted octanol–water partition coefficient (Wildman–Crippen LogP) is 3.80. The van der Waals surface area contributed by atoms with Crippen LogP contribution in [0.2, 0.25) is 0 Å². The Kier molecular flexibility index (Phi) is 15.6. The zero-order valence-corrected chi connectivity index (χ0v) is 32.3. The van der Waals surface area contributed by atoms with E-state index in [1.54, 1.807) is 62.4 Å². The minimum Gasteiger partial charge on any atom is -0.371 e. The summed E-state index contributed by atoms with van der Waals surface area (Å²) in [6, 6.07) is 12.7. The highest BCUT2D eigenvalue weighted by atomic mass is 32.2. The molecule has 2 aromatic carbocycles. The van der Waals surface area contributed by atoms with Crippen molar-refractivity contribution in [3.05, 3.63) is 66.2 Å². The van der Waals surface area contributed by atoms with E-state index in [2.05, 4.69) is 10.0 Å². The van der Waals surface area contributed by atoms with Crippen LogP contribution in [0.3, 0.4) is 0 Å². The first-order chi connectivity index (χ1) is 24.8. The molecule has 0 saturated carbocycles. The molecule has 3 rings (SSSR count). The van der Waals surface area contributed by atoms with Crippen LogP contribution in [-0.4, -0.2) is 78.7 Å². The van der Waals surface area contributed by atoms with E-state index in [4.69, 9.17) is 10.5 Å². The molecule has 1 aliphatic rings. The molecule has 14 heteroatoms.